The van der Waals surface area contributed by atoms with Crippen LogP contribution < -0.4 is 15.5 Å². The van der Waals surface area contributed by atoms with E-state index in [4.69, 9.17) is 0 Å². The van der Waals surface area contributed by atoms with Gasteiger partial charge in [-0.25, -0.2) is 4.39 Å². The number of carbonyl (C=O) groups is 1. The van der Waals surface area contributed by atoms with E-state index in [9.17, 15) is 9.18 Å². The van der Waals surface area contributed by atoms with Gasteiger partial charge in [-0.3, -0.25) is 4.79 Å². The van der Waals surface area contributed by atoms with E-state index in [0.29, 0.717) is 24.7 Å². The normalized spacial score (nSPS) is 14.0. The molecule has 21 heavy (non-hydrogen) atoms. The van der Waals surface area contributed by atoms with Crippen molar-refractivity contribution in [3.8, 4) is 0 Å². The Balaban J connectivity index is 2.02. The zero-order valence-corrected chi connectivity index (χ0v) is 12.8. The predicted octanol–water partition coefficient (Wildman–Crippen LogP) is 2.04. The Morgan fingerprint density at radius 1 is 1.43 bits per heavy atom. The highest BCUT2D eigenvalue weighted by atomic mass is 19.1. The third-order valence-corrected chi connectivity index (χ3v) is 3.60. The Labute approximate surface area is 125 Å². The number of carbonyl (C=O) groups excluding carboxylic acids is 1. The van der Waals surface area contributed by atoms with Crippen LogP contribution in [0.5, 0.6) is 0 Å². The minimum Gasteiger partial charge on any atom is -0.365 e. The molecule has 0 atom stereocenters. The Bertz CT molecular complexity index is 488. The topological polar surface area (TPSA) is 44.4 Å². The first-order chi connectivity index (χ1) is 10.1. The summed E-state index contributed by atoms with van der Waals surface area (Å²) < 4.78 is 14.1. The third-order valence-electron chi connectivity index (χ3n) is 3.60. The van der Waals surface area contributed by atoms with E-state index >= 15 is 0 Å². The molecule has 0 heterocycles. The van der Waals surface area contributed by atoms with Crippen LogP contribution in [0.4, 0.5) is 10.1 Å². The van der Waals surface area contributed by atoms with E-state index < -0.39 is 0 Å². The molecule has 5 heteroatoms. The molecule has 0 aliphatic heterocycles. The molecule has 1 aromatic carbocycles. The number of halogens is 1. The first-order valence-corrected chi connectivity index (χ1v) is 7.60. The molecule has 0 bridgehead atoms. The average molecular weight is 293 g/mol. The highest BCUT2D eigenvalue weighted by molar-refractivity contribution is 5.81. The van der Waals surface area contributed by atoms with Gasteiger partial charge in [0.25, 0.3) is 0 Å². The number of hydrogen-bond donors (Lipinski definition) is 2. The summed E-state index contributed by atoms with van der Waals surface area (Å²) in [7, 11) is 1.82. The maximum Gasteiger partial charge on any atom is 0.239 e. The third kappa shape index (κ3) is 4.70. The van der Waals surface area contributed by atoms with Crippen molar-refractivity contribution in [2.75, 3.05) is 25.0 Å². The van der Waals surface area contributed by atoms with E-state index in [1.807, 2.05) is 20.0 Å². The molecule has 1 saturated carbocycles. The Kier molecular flexibility index (Phi) is 5.56. The lowest BCUT2D eigenvalue weighted by Gasteiger charge is -2.22. The lowest BCUT2D eigenvalue weighted by Crippen LogP contribution is -2.36. The maximum atomic E-state index is 14.1. The zero-order valence-electron chi connectivity index (χ0n) is 12.8. The summed E-state index contributed by atoms with van der Waals surface area (Å²) in [5.74, 6) is -0.258. The highest BCUT2D eigenvalue weighted by Gasteiger charge is 2.22. The average Bonchev–Trinajstić information content (AvgIpc) is 3.27. The molecule has 0 spiro atoms. The minimum atomic E-state index is -0.221. The molecule has 1 fully saturated rings. The van der Waals surface area contributed by atoms with E-state index in [0.717, 1.165) is 12.1 Å². The molecule has 0 unspecified atom stereocenters. The number of nitrogens with one attached hydrogen (secondary N) is 2. The first kappa shape index (κ1) is 15.8. The smallest absolute Gasteiger partial charge is 0.239 e. The van der Waals surface area contributed by atoms with Crippen molar-refractivity contribution in [2.24, 2.45) is 0 Å². The molecule has 0 radical (unpaired) electrons. The van der Waals surface area contributed by atoms with E-state index in [2.05, 4.69) is 10.6 Å². The van der Waals surface area contributed by atoms with E-state index in [-0.39, 0.29) is 18.3 Å². The van der Waals surface area contributed by atoms with Crippen LogP contribution in [0.2, 0.25) is 0 Å². The standard InChI is InChI=1S/C16H24FN3O/c1-3-9-18-16(21)11-20(2)15-6-4-5-14(17)13(15)10-19-12-7-8-12/h4-6,12,19H,3,7-11H2,1-2H3,(H,18,21). The van der Waals surface area contributed by atoms with Gasteiger partial charge in [-0.15, -0.1) is 0 Å². The second-order valence-electron chi connectivity index (χ2n) is 5.60. The predicted molar refractivity (Wildman–Crippen MR) is 82.8 cm³/mol. The molecule has 0 aromatic heterocycles. The Morgan fingerprint density at radius 2 is 2.19 bits per heavy atom. The van der Waals surface area contributed by atoms with Crippen LogP contribution in [0.3, 0.4) is 0 Å². The minimum absolute atomic E-state index is 0.0373. The van der Waals surface area contributed by atoms with Gasteiger partial charge in [-0.2, -0.15) is 0 Å². The van der Waals surface area contributed by atoms with Crippen LogP contribution in [-0.2, 0) is 11.3 Å². The number of likely N-dealkylation sites (N-methyl/N-ethyl adjacent to an activating group) is 1. The summed E-state index contributed by atoms with van der Waals surface area (Å²) in [6.07, 6.45) is 3.24. The number of hydrogen-bond acceptors (Lipinski definition) is 3. The van der Waals surface area contributed by atoms with Gasteiger partial charge in [0.15, 0.2) is 0 Å². The monoisotopic (exact) mass is 293 g/mol. The molecule has 2 N–H and O–H groups in total. The van der Waals surface area contributed by atoms with Gasteiger partial charge in [0, 0.05) is 37.4 Å². The second-order valence-corrected chi connectivity index (χ2v) is 5.60. The second kappa shape index (κ2) is 7.41. The zero-order chi connectivity index (χ0) is 15.2. The van der Waals surface area contributed by atoms with Gasteiger partial charge in [-0.05, 0) is 31.4 Å². The van der Waals surface area contributed by atoms with Gasteiger partial charge in [0.05, 0.1) is 6.54 Å². The summed E-state index contributed by atoms with van der Waals surface area (Å²) in [6, 6.07) is 5.54. The molecular weight excluding hydrogens is 269 g/mol. The maximum absolute atomic E-state index is 14.1. The number of benzene rings is 1. The van der Waals surface area contributed by atoms with Crippen LogP contribution in [0.25, 0.3) is 0 Å². The first-order valence-electron chi connectivity index (χ1n) is 7.60. The van der Waals surface area contributed by atoms with Gasteiger partial charge in [-0.1, -0.05) is 13.0 Å². The van der Waals surface area contributed by atoms with Crippen molar-refractivity contribution in [3.63, 3.8) is 0 Å². The van der Waals surface area contributed by atoms with Crippen LogP contribution >= 0.6 is 0 Å². The largest absolute Gasteiger partial charge is 0.365 e. The summed E-state index contributed by atoms with van der Waals surface area (Å²) in [5, 5.41) is 6.17. The van der Waals surface area contributed by atoms with Crippen LogP contribution in [0.1, 0.15) is 31.7 Å². The molecule has 1 aliphatic rings. The Morgan fingerprint density at radius 3 is 2.86 bits per heavy atom. The molecular formula is C16H24FN3O. The van der Waals surface area contributed by atoms with Crippen LogP contribution in [0.15, 0.2) is 18.2 Å². The molecule has 2 rings (SSSR count). The van der Waals surface area contributed by atoms with Crippen molar-refractivity contribution < 1.29 is 9.18 Å². The van der Waals surface area contributed by atoms with E-state index in [1.165, 1.54) is 18.9 Å². The number of anilines is 1. The van der Waals surface area contributed by atoms with Gasteiger partial charge >= 0.3 is 0 Å². The number of amides is 1. The fraction of sp³-hybridized carbons (Fsp3) is 0.562. The van der Waals surface area contributed by atoms with Crippen molar-refractivity contribution in [1.82, 2.24) is 10.6 Å². The van der Waals surface area contributed by atoms with Gasteiger partial charge in [0.2, 0.25) is 5.91 Å². The lowest BCUT2D eigenvalue weighted by molar-refractivity contribution is -0.119. The fourth-order valence-electron chi connectivity index (χ4n) is 2.23. The number of nitrogens with zero attached hydrogens (tertiary/aromatic N) is 1. The van der Waals surface area contributed by atoms with Crippen LogP contribution in [-0.4, -0.2) is 32.1 Å². The molecule has 116 valence electrons. The van der Waals surface area contributed by atoms with Gasteiger partial charge < -0.3 is 15.5 Å². The summed E-state index contributed by atoms with van der Waals surface area (Å²) in [4.78, 5) is 13.6. The van der Waals surface area contributed by atoms with Crippen LogP contribution in [0, 0.1) is 5.82 Å². The van der Waals surface area contributed by atoms with Gasteiger partial charge in [0.1, 0.15) is 5.82 Å². The quantitative estimate of drug-likeness (QED) is 0.771. The molecule has 1 amide bonds. The van der Waals surface area contributed by atoms with Crippen molar-refractivity contribution in [2.45, 2.75) is 38.8 Å². The van der Waals surface area contributed by atoms with Crippen molar-refractivity contribution in [1.29, 1.82) is 0 Å². The number of rotatable bonds is 8. The SMILES string of the molecule is CCCNC(=O)CN(C)c1cccc(F)c1CNC1CC1. The lowest BCUT2D eigenvalue weighted by atomic mass is 10.1. The fourth-order valence-corrected chi connectivity index (χ4v) is 2.23. The Hall–Kier alpha value is -1.62. The molecule has 1 aliphatic carbocycles. The van der Waals surface area contributed by atoms with E-state index in [1.54, 1.807) is 11.0 Å². The highest BCUT2D eigenvalue weighted by Crippen LogP contribution is 2.25. The molecule has 4 nitrogen and oxygen atoms in total. The molecule has 1 aromatic rings. The summed E-state index contributed by atoms with van der Waals surface area (Å²) in [6.45, 7) is 3.43. The van der Waals surface area contributed by atoms with Crippen molar-refractivity contribution in [3.05, 3.63) is 29.6 Å². The summed E-state index contributed by atoms with van der Waals surface area (Å²) in [5.41, 5.74) is 1.41. The summed E-state index contributed by atoms with van der Waals surface area (Å²) >= 11 is 0. The van der Waals surface area contributed by atoms with Crippen molar-refractivity contribution >= 4 is 11.6 Å². The molecule has 0 saturated heterocycles.